The summed E-state index contributed by atoms with van der Waals surface area (Å²) in [7, 11) is 0. The standard InChI is InChI=1S/C23H26N2O4/c1-4-23(5-2)20(27)25(21(23)29-19-12-10-18(15-26)11-13-19)22(28)24-14-17-8-6-16(3)7-9-17/h6-13,15,21H,4-5,14H2,1-3H3,(H,24,28)/t21-/m0/s1. The first-order valence-corrected chi connectivity index (χ1v) is 9.84. The third kappa shape index (κ3) is 3.88. The zero-order chi connectivity index (χ0) is 21.0. The van der Waals surface area contributed by atoms with Crippen molar-refractivity contribution in [3.05, 3.63) is 65.2 Å². The largest absolute Gasteiger partial charge is 0.469 e. The summed E-state index contributed by atoms with van der Waals surface area (Å²) in [5, 5.41) is 2.81. The summed E-state index contributed by atoms with van der Waals surface area (Å²) >= 11 is 0. The normalized spacial score (nSPS) is 17.4. The molecule has 6 heteroatoms. The number of aldehydes is 1. The fraction of sp³-hybridized carbons (Fsp3) is 0.348. The van der Waals surface area contributed by atoms with Crippen LogP contribution >= 0.6 is 0 Å². The van der Waals surface area contributed by atoms with Gasteiger partial charge in [-0.1, -0.05) is 43.7 Å². The number of hydrogen-bond donors (Lipinski definition) is 1. The van der Waals surface area contributed by atoms with E-state index in [0.717, 1.165) is 22.3 Å². The molecule has 1 aliphatic heterocycles. The quantitative estimate of drug-likeness (QED) is 0.567. The SMILES string of the molecule is CCC1(CC)C(=O)N(C(=O)NCc2ccc(C)cc2)[C@H]1Oc1ccc(C=O)cc1. The van der Waals surface area contributed by atoms with E-state index in [9.17, 15) is 14.4 Å². The van der Waals surface area contributed by atoms with E-state index >= 15 is 0 Å². The smallest absolute Gasteiger partial charge is 0.327 e. The number of nitrogens with one attached hydrogen (secondary N) is 1. The number of carbonyl (C=O) groups excluding carboxylic acids is 3. The molecule has 0 aromatic heterocycles. The summed E-state index contributed by atoms with van der Waals surface area (Å²) in [6.45, 7) is 6.18. The van der Waals surface area contributed by atoms with Gasteiger partial charge in [0.1, 0.15) is 17.5 Å². The van der Waals surface area contributed by atoms with Gasteiger partial charge in [-0.15, -0.1) is 0 Å². The second-order valence-electron chi connectivity index (χ2n) is 7.34. The number of likely N-dealkylation sites (tertiary alicyclic amines) is 1. The highest BCUT2D eigenvalue weighted by molar-refractivity contribution is 6.03. The Labute approximate surface area is 170 Å². The Hall–Kier alpha value is -3.15. The van der Waals surface area contributed by atoms with E-state index in [0.29, 0.717) is 30.7 Å². The van der Waals surface area contributed by atoms with Crippen molar-refractivity contribution in [2.45, 2.75) is 46.4 Å². The van der Waals surface area contributed by atoms with Gasteiger partial charge >= 0.3 is 6.03 Å². The van der Waals surface area contributed by atoms with Crippen molar-refractivity contribution in [3.8, 4) is 5.75 Å². The van der Waals surface area contributed by atoms with Crippen LogP contribution in [0.5, 0.6) is 5.75 Å². The second-order valence-corrected chi connectivity index (χ2v) is 7.34. The molecule has 152 valence electrons. The van der Waals surface area contributed by atoms with Gasteiger partial charge in [-0.2, -0.15) is 0 Å². The first kappa shape index (κ1) is 20.6. The van der Waals surface area contributed by atoms with Crippen molar-refractivity contribution in [1.82, 2.24) is 10.2 Å². The minimum Gasteiger partial charge on any atom is -0.469 e. The van der Waals surface area contributed by atoms with Crippen molar-refractivity contribution in [2.75, 3.05) is 0 Å². The first-order valence-electron chi connectivity index (χ1n) is 9.84. The first-order chi connectivity index (χ1) is 13.9. The summed E-state index contributed by atoms with van der Waals surface area (Å²) in [5.41, 5.74) is 1.90. The van der Waals surface area contributed by atoms with Crippen LogP contribution in [-0.2, 0) is 11.3 Å². The number of carbonyl (C=O) groups is 3. The fourth-order valence-electron chi connectivity index (χ4n) is 3.62. The van der Waals surface area contributed by atoms with Gasteiger partial charge in [0, 0.05) is 12.1 Å². The number of imide groups is 1. The van der Waals surface area contributed by atoms with Crippen LogP contribution in [0.25, 0.3) is 0 Å². The summed E-state index contributed by atoms with van der Waals surface area (Å²) in [5.74, 6) is 0.286. The van der Waals surface area contributed by atoms with Gasteiger partial charge in [0.05, 0.1) is 0 Å². The Morgan fingerprint density at radius 3 is 2.28 bits per heavy atom. The predicted octanol–water partition coefficient (Wildman–Crippen LogP) is 4.07. The third-order valence-corrected chi connectivity index (χ3v) is 5.66. The Morgan fingerprint density at radius 2 is 1.72 bits per heavy atom. The highest BCUT2D eigenvalue weighted by atomic mass is 16.5. The maximum absolute atomic E-state index is 12.9. The molecule has 0 saturated carbocycles. The molecule has 1 atom stereocenters. The molecule has 1 N–H and O–H groups in total. The van der Waals surface area contributed by atoms with E-state index in [4.69, 9.17) is 4.74 Å². The summed E-state index contributed by atoms with van der Waals surface area (Å²) in [6, 6.07) is 14.0. The lowest BCUT2D eigenvalue weighted by Crippen LogP contribution is -2.73. The fourth-order valence-corrected chi connectivity index (χ4v) is 3.62. The van der Waals surface area contributed by atoms with Gasteiger partial charge in [0.15, 0.2) is 6.23 Å². The maximum atomic E-state index is 12.9. The van der Waals surface area contributed by atoms with E-state index in [2.05, 4.69) is 5.32 Å². The van der Waals surface area contributed by atoms with Crippen LogP contribution in [0.3, 0.4) is 0 Å². The number of hydrogen-bond acceptors (Lipinski definition) is 4. The second kappa shape index (κ2) is 8.47. The zero-order valence-corrected chi connectivity index (χ0v) is 17.0. The Morgan fingerprint density at radius 1 is 1.10 bits per heavy atom. The average molecular weight is 394 g/mol. The highest BCUT2D eigenvalue weighted by Crippen LogP contribution is 2.46. The Kier molecular flexibility index (Phi) is 6.01. The van der Waals surface area contributed by atoms with E-state index in [1.807, 2.05) is 45.0 Å². The molecule has 0 aliphatic carbocycles. The van der Waals surface area contributed by atoms with Crippen LogP contribution in [0.4, 0.5) is 4.79 Å². The van der Waals surface area contributed by atoms with E-state index in [-0.39, 0.29) is 5.91 Å². The molecule has 1 saturated heterocycles. The molecule has 1 aliphatic rings. The van der Waals surface area contributed by atoms with Crippen LogP contribution in [0.2, 0.25) is 0 Å². The van der Waals surface area contributed by atoms with Crippen molar-refractivity contribution >= 4 is 18.2 Å². The molecule has 3 amide bonds. The number of benzene rings is 2. The predicted molar refractivity (Wildman–Crippen MR) is 110 cm³/mol. The number of nitrogens with zero attached hydrogens (tertiary/aromatic N) is 1. The maximum Gasteiger partial charge on any atom is 0.327 e. The average Bonchev–Trinajstić information content (AvgIpc) is 2.74. The van der Waals surface area contributed by atoms with Gasteiger partial charge < -0.3 is 10.1 Å². The van der Waals surface area contributed by atoms with Crippen molar-refractivity contribution in [1.29, 1.82) is 0 Å². The van der Waals surface area contributed by atoms with Gasteiger partial charge in [0.2, 0.25) is 5.91 Å². The Balaban J connectivity index is 1.75. The molecule has 1 heterocycles. The minimum atomic E-state index is -0.732. The lowest BCUT2D eigenvalue weighted by Gasteiger charge is -2.53. The van der Waals surface area contributed by atoms with Gasteiger partial charge in [-0.05, 0) is 49.6 Å². The number of rotatable bonds is 7. The summed E-state index contributed by atoms with van der Waals surface area (Å²) < 4.78 is 6.05. The highest BCUT2D eigenvalue weighted by Gasteiger charge is 2.62. The Bertz CT molecular complexity index is 886. The van der Waals surface area contributed by atoms with Crippen molar-refractivity contribution in [2.24, 2.45) is 5.41 Å². The minimum absolute atomic E-state index is 0.224. The summed E-state index contributed by atoms with van der Waals surface area (Å²) in [4.78, 5) is 37.7. The lowest BCUT2D eigenvalue weighted by molar-refractivity contribution is -0.190. The van der Waals surface area contributed by atoms with Crippen LogP contribution in [-0.4, -0.2) is 29.4 Å². The number of ether oxygens (including phenoxy) is 1. The molecule has 0 bridgehead atoms. The van der Waals surface area contributed by atoms with E-state index in [1.165, 1.54) is 0 Å². The molecule has 0 spiro atoms. The molecule has 6 nitrogen and oxygen atoms in total. The third-order valence-electron chi connectivity index (χ3n) is 5.66. The van der Waals surface area contributed by atoms with Crippen LogP contribution in [0, 0.1) is 12.3 Å². The van der Waals surface area contributed by atoms with Gasteiger partial charge in [-0.25, -0.2) is 9.69 Å². The molecule has 3 rings (SSSR count). The van der Waals surface area contributed by atoms with Gasteiger partial charge in [-0.3, -0.25) is 9.59 Å². The van der Waals surface area contributed by atoms with Crippen molar-refractivity contribution < 1.29 is 19.1 Å². The van der Waals surface area contributed by atoms with Gasteiger partial charge in [0.25, 0.3) is 0 Å². The molecule has 1 fully saturated rings. The van der Waals surface area contributed by atoms with Crippen molar-refractivity contribution in [3.63, 3.8) is 0 Å². The molecular weight excluding hydrogens is 368 g/mol. The molecule has 0 unspecified atom stereocenters. The zero-order valence-electron chi connectivity index (χ0n) is 17.0. The molecule has 2 aromatic carbocycles. The number of urea groups is 1. The lowest BCUT2D eigenvalue weighted by atomic mass is 9.72. The summed E-state index contributed by atoms with van der Waals surface area (Å²) in [6.07, 6.45) is 1.21. The molecule has 29 heavy (non-hydrogen) atoms. The number of amides is 3. The molecular formula is C23H26N2O4. The number of β-lactam (4-membered cyclic amide) rings is 1. The number of aryl methyl sites for hydroxylation is 1. The molecule has 0 radical (unpaired) electrons. The molecule has 2 aromatic rings. The van der Waals surface area contributed by atoms with Crippen LogP contribution in [0.1, 0.15) is 48.2 Å². The topological polar surface area (TPSA) is 75.7 Å². The monoisotopic (exact) mass is 394 g/mol. The van der Waals surface area contributed by atoms with Crippen LogP contribution < -0.4 is 10.1 Å². The van der Waals surface area contributed by atoms with Crippen LogP contribution in [0.15, 0.2) is 48.5 Å². The van der Waals surface area contributed by atoms with E-state index in [1.54, 1.807) is 24.3 Å². The van der Waals surface area contributed by atoms with E-state index < -0.39 is 17.7 Å².